The van der Waals surface area contributed by atoms with Crippen molar-refractivity contribution < 1.29 is 13.3 Å². The number of nitrogens with one attached hydrogen (secondary N) is 1. The molecule has 0 radical (unpaired) electrons. The molecule has 5 nitrogen and oxygen atoms in total. The zero-order valence-corrected chi connectivity index (χ0v) is 12.2. The number of hydrogen-bond acceptors (Lipinski definition) is 5. The van der Waals surface area contributed by atoms with Gasteiger partial charge in [0.15, 0.2) is 0 Å². The lowest BCUT2D eigenvalue weighted by atomic mass is 10.2. The molecule has 0 aliphatic heterocycles. The van der Waals surface area contributed by atoms with Gasteiger partial charge in [-0.2, -0.15) is 0 Å². The van der Waals surface area contributed by atoms with Gasteiger partial charge >= 0.3 is 8.80 Å². The van der Waals surface area contributed by atoms with Crippen molar-refractivity contribution in [3.05, 3.63) is 0 Å². The second-order valence-electron chi connectivity index (χ2n) is 3.53. The third kappa shape index (κ3) is 7.32. The topological polar surface area (TPSA) is 74.7 Å². The summed E-state index contributed by atoms with van der Waals surface area (Å²) >= 11 is 0. The summed E-state index contributed by atoms with van der Waals surface area (Å²) in [4.78, 5) is 0. The van der Waals surface area contributed by atoms with E-state index in [1.54, 1.807) is 21.3 Å². The van der Waals surface area contributed by atoms with E-state index in [0.717, 1.165) is 6.54 Å². The van der Waals surface area contributed by atoms with Crippen LogP contribution >= 0.6 is 0 Å². The van der Waals surface area contributed by atoms with Crippen LogP contribution in [-0.4, -0.2) is 42.8 Å². The maximum absolute atomic E-state index is 5.30. The molecule has 0 aromatic rings. The molecule has 0 saturated carbocycles. The van der Waals surface area contributed by atoms with Crippen LogP contribution in [0.1, 0.15) is 32.6 Å². The maximum atomic E-state index is 5.30. The molecule has 0 aromatic heterocycles. The van der Waals surface area contributed by atoms with Gasteiger partial charge in [-0.05, 0) is 13.0 Å². The Balaban J connectivity index is 0. The Bertz CT molecular complexity index is 138. The van der Waals surface area contributed by atoms with E-state index in [-0.39, 0.29) is 6.15 Å². The molecule has 0 rings (SSSR count). The van der Waals surface area contributed by atoms with E-state index in [2.05, 4.69) is 12.2 Å². The van der Waals surface area contributed by atoms with Crippen LogP contribution in [0.2, 0.25) is 0 Å². The summed E-state index contributed by atoms with van der Waals surface area (Å²) < 4.78 is 15.9. The highest BCUT2D eigenvalue weighted by Crippen LogP contribution is 2.04. The van der Waals surface area contributed by atoms with Crippen molar-refractivity contribution in [3.63, 3.8) is 0 Å². The van der Waals surface area contributed by atoms with Gasteiger partial charge in [0.05, 0.1) is 6.17 Å². The average molecular weight is 252 g/mol. The van der Waals surface area contributed by atoms with Crippen molar-refractivity contribution in [1.82, 2.24) is 11.5 Å². The van der Waals surface area contributed by atoms with E-state index < -0.39 is 8.80 Å². The van der Waals surface area contributed by atoms with Gasteiger partial charge in [0.25, 0.3) is 0 Å². The summed E-state index contributed by atoms with van der Waals surface area (Å²) in [5, 5.41) is 3.32. The summed E-state index contributed by atoms with van der Waals surface area (Å²) in [5.41, 5.74) is 0. The summed E-state index contributed by atoms with van der Waals surface area (Å²) in [6.45, 7) is 3.22. The van der Waals surface area contributed by atoms with Gasteiger partial charge in [-0.1, -0.05) is 26.2 Å². The summed E-state index contributed by atoms with van der Waals surface area (Å²) in [7, 11) is 2.51. The number of rotatable bonds is 10. The molecule has 0 aliphatic carbocycles. The smallest absolute Gasteiger partial charge is 0.376 e. The lowest BCUT2D eigenvalue weighted by molar-refractivity contribution is 0.122. The van der Waals surface area contributed by atoms with Crippen LogP contribution < -0.4 is 11.5 Å². The molecule has 0 unspecified atom stereocenters. The first-order valence-electron chi connectivity index (χ1n) is 5.60. The molecule has 0 saturated heterocycles. The third-order valence-electron chi connectivity index (χ3n) is 2.48. The minimum atomic E-state index is -2.40. The van der Waals surface area contributed by atoms with Gasteiger partial charge < -0.3 is 24.7 Å². The zero-order valence-electron chi connectivity index (χ0n) is 11.2. The monoisotopic (exact) mass is 252 g/mol. The van der Waals surface area contributed by atoms with Gasteiger partial charge in [-0.25, -0.2) is 0 Å². The van der Waals surface area contributed by atoms with E-state index in [9.17, 15) is 0 Å². The number of hydrogen-bond donors (Lipinski definition) is 2. The van der Waals surface area contributed by atoms with Crippen LogP contribution in [0.5, 0.6) is 0 Å². The van der Waals surface area contributed by atoms with Gasteiger partial charge in [-0.15, -0.1) is 0 Å². The predicted octanol–water partition coefficient (Wildman–Crippen LogP) is 1.74. The third-order valence-corrected chi connectivity index (χ3v) is 5.03. The quantitative estimate of drug-likeness (QED) is 0.457. The molecule has 0 bridgehead atoms. The Labute approximate surface area is 101 Å². The normalized spacial score (nSPS) is 11.2. The van der Waals surface area contributed by atoms with Crippen molar-refractivity contribution >= 4 is 8.80 Å². The Kier molecular flexibility index (Phi) is 13.2. The standard InChI is InChI=1S/C10H25NO3Si.H3N/c1-5-6-7-8-9-11-10-15(12-2,13-3)14-4;/h11H,5-10H2,1-4H3;1H3. The first-order valence-corrected chi connectivity index (χ1v) is 7.54. The second-order valence-corrected chi connectivity index (χ2v) is 6.48. The fourth-order valence-corrected chi connectivity index (χ4v) is 2.80. The van der Waals surface area contributed by atoms with E-state index in [0.29, 0.717) is 6.17 Å². The van der Waals surface area contributed by atoms with Crippen LogP contribution in [0.15, 0.2) is 0 Å². The van der Waals surface area contributed by atoms with E-state index >= 15 is 0 Å². The first kappa shape index (κ1) is 18.4. The Morgan fingerprint density at radius 1 is 0.938 bits per heavy atom. The van der Waals surface area contributed by atoms with E-state index in [4.69, 9.17) is 13.3 Å². The van der Waals surface area contributed by atoms with Crippen molar-refractivity contribution in [1.29, 1.82) is 0 Å². The fourth-order valence-electron chi connectivity index (χ4n) is 1.38. The van der Waals surface area contributed by atoms with E-state index in [1.165, 1.54) is 25.7 Å². The molecule has 0 spiro atoms. The second kappa shape index (κ2) is 11.5. The van der Waals surface area contributed by atoms with Crippen LogP contribution in [0.3, 0.4) is 0 Å². The highest BCUT2D eigenvalue weighted by atomic mass is 28.4. The lowest BCUT2D eigenvalue weighted by Crippen LogP contribution is -2.52. The molecule has 0 fully saturated rings. The molecular formula is C10H28N2O3Si. The predicted molar refractivity (Wildman–Crippen MR) is 68.8 cm³/mol. The van der Waals surface area contributed by atoms with Gasteiger partial charge in [0, 0.05) is 21.3 Å². The van der Waals surface area contributed by atoms with Crippen molar-refractivity contribution in [2.24, 2.45) is 0 Å². The largest absolute Gasteiger partial charge is 0.514 e. The molecule has 0 aromatic carbocycles. The molecule has 100 valence electrons. The van der Waals surface area contributed by atoms with Crippen LogP contribution in [0.25, 0.3) is 0 Å². The molecule has 16 heavy (non-hydrogen) atoms. The molecule has 0 aliphatic rings. The van der Waals surface area contributed by atoms with Gasteiger partial charge in [0.2, 0.25) is 0 Å². The number of unbranched alkanes of at least 4 members (excludes halogenated alkanes) is 3. The minimum Gasteiger partial charge on any atom is -0.376 e. The van der Waals surface area contributed by atoms with Crippen molar-refractivity contribution in [2.75, 3.05) is 34.0 Å². The average Bonchev–Trinajstić information content (AvgIpc) is 2.29. The SMILES string of the molecule is CCCCCCNC[Si](OC)(OC)OC.N. The highest BCUT2D eigenvalue weighted by Gasteiger charge is 2.37. The van der Waals surface area contributed by atoms with Crippen molar-refractivity contribution in [3.8, 4) is 0 Å². The molecular weight excluding hydrogens is 224 g/mol. The molecule has 4 N–H and O–H groups in total. The Hall–Kier alpha value is 0.0169. The summed E-state index contributed by atoms with van der Waals surface area (Å²) in [6, 6.07) is 0. The van der Waals surface area contributed by atoms with Gasteiger partial charge in [0.1, 0.15) is 0 Å². The fraction of sp³-hybridized carbons (Fsp3) is 1.00. The maximum Gasteiger partial charge on any atom is 0.514 e. The van der Waals surface area contributed by atoms with Crippen LogP contribution in [0.4, 0.5) is 0 Å². The van der Waals surface area contributed by atoms with Gasteiger partial charge in [-0.3, -0.25) is 0 Å². The van der Waals surface area contributed by atoms with Crippen LogP contribution in [0, 0.1) is 0 Å². The molecule has 6 heteroatoms. The summed E-state index contributed by atoms with van der Waals surface area (Å²) in [6.07, 6.45) is 5.75. The molecule has 0 atom stereocenters. The van der Waals surface area contributed by atoms with E-state index in [1.807, 2.05) is 0 Å². The molecule has 0 heterocycles. The first-order chi connectivity index (χ1) is 7.24. The van der Waals surface area contributed by atoms with Crippen LogP contribution in [-0.2, 0) is 13.3 Å². The highest BCUT2D eigenvalue weighted by molar-refractivity contribution is 6.60. The van der Waals surface area contributed by atoms with Crippen molar-refractivity contribution in [2.45, 2.75) is 32.6 Å². The Morgan fingerprint density at radius 2 is 1.50 bits per heavy atom. The Morgan fingerprint density at radius 3 is 1.94 bits per heavy atom. The zero-order chi connectivity index (χ0) is 11.6. The summed E-state index contributed by atoms with van der Waals surface area (Å²) in [5.74, 6) is 0. The minimum absolute atomic E-state index is 0. The molecule has 0 amide bonds. The lowest BCUT2D eigenvalue weighted by Gasteiger charge is -2.24.